The average Bonchev–Trinajstić information content (AvgIpc) is 3.05. The number of oxazole rings is 1. The smallest absolute Gasteiger partial charge is 0.317 e. The zero-order valence-electron chi connectivity index (χ0n) is 13.5. The van der Waals surface area contributed by atoms with Crippen LogP contribution in [0.4, 0.5) is 0 Å². The number of halogens is 1. The first-order valence-corrected chi connectivity index (χ1v) is 9.06. The normalized spacial score (nSPS) is 12.1. The second kappa shape index (κ2) is 7.76. The molecule has 1 heterocycles. The zero-order valence-corrected chi connectivity index (χ0v) is 15.1. The van der Waals surface area contributed by atoms with Crippen LogP contribution in [0.25, 0.3) is 22.6 Å². The van der Waals surface area contributed by atoms with Gasteiger partial charge < -0.3 is 9.52 Å². The van der Waals surface area contributed by atoms with Gasteiger partial charge in [-0.3, -0.25) is 4.79 Å². The summed E-state index contributed by atoms with van der Waals surface area (Å²) in [5.41, 5.74) is 2.42. The number of hydrogen-bond donors (Lipinski definition) is 1. The van der Waals surface area contributed by atoms with Crippen LogP contribution in [-0.4, -0.2) is 21.3 Å². The number of thioether (sulfide) groups is 1. The van der Waals surface area contributed by atoms with Crippen LogP contribution in [0.3, 0.4) is 0 Å². The number of aromatic nitrogens is 1. The van der Waals surface area contributed by atoms with Crippen LogP contribution in [0, 0.1) is 0 Å². The molecule has 1 N–H and O–H groups in total. The average molecular weight is 374 g/mol. The van der Waals surface area contributed by atoms with Gasteiger partial charge in [0.1, 0.15) is 10.9 Å². The molecule has 0 bridgehead atoms. The molecule has 0 amide bonds. The van der Waals surface area contributed by atoms with Gasteiger partial charge in [-0.1, -0.05) is 72.8 Å². The van der Waals surface area contributed by atoms with E-state index in [1.165, 1.54) is 0 Å². The number of carboxylic acid groups (broad SMARTS) is 1. The highest BCUT2D eigenvalue weighted by atomic mass is 35.5. The molecular formula is C19H16ClNO3S. The monoisotopic (exact) mass is 373 g/mol. The third-order valence-corrected chi connectivity index (χ3v) is 5.10. The second-order valence-corrected chi connectivity index (χ2v) is 6.97. The molecule has 3 aromatic rings. The van der Waals surface area contributed by atoms with E-state index >= 15 is 0 Å². The first-order chi connectivity index (χ1) is 12.1. The predicted molar refractivity (Wildman–Crippen MR) is 100.0 cm³/mol. The van der Waals surface area contributed by atoms with E-state index in [4.69, 9.17) is 16.0 Å². The van der Waals surface area contributed by atoms with Crippen molar-refractivity contribution in [3.05, 3.63) is 59.6 Å². The molecule has 0 spiro atoms. The van der Waals surface area contributed by atoms with Crippen molar-refractivity contribution in [2.45, 2.75) is 23.8 Å². The SMILES string of the molecule is CCC(Sc1nc(-c2ccc(Cl)cc2)c(-c2ccccc2)o1)C(=O)O. The minimum atomic E-state index is -0.875. The molecule has 1 unspecified atom stereocenters. The fourth-order valence-electron chi connectivity index (χ4n) is 2.37. The minimum absolute atomic E-state index is 0.345. The summed E-state index contributed by atoms with van der Waals surface area (Å²) in [4.78, 5) is 15.8. The third kappa shape index (κ3) is 4.06. The number of hydrogen-bond acceptors (Lipinski definition) is 4. The lowest BCUT2D eigenvalue weighted by Crippen LogP contribution is -2.14. The quantitative estimate of drug-likeness (QED) is 0.568. The Labute approximate surface area is 154 Å². The van der Waals surface area contributed by atoms with Crippen molar-refractivity contribution in [3.8, 4) is 22.6 Å². The van der Waals surface area contributed by atoms with Gasteiger partial charge in [-0.15, -0.1) is 0 Å². The van der Waals surface area contributed by atoms with Gasteiger partial charge in [0.15, 0.2) is 5.76 Å². The molecule has 6 heteroatoms. The van der Waals surface area contributed by atoms with E-state index in [1.54, 1.807) is 12.1 Å². The zero-order chi connectivity index (χ0) is 17.8. The van der Waals surface area contributed by atoms with Crippen LogP contribution < -0.4 is 0 Å². The lowest BCUT2D eigenvalue weighted by Gasteiger charge is -2.04. The second-order valence-electron chi connectivity index (χ2n) is 5.38. The van der Waals surface area contributed by atoms with Crippen molar-refractivity contribution in [1.29, 1.82) is 0 Å². The van der Waals surface area contributed by atoms with Gasteiger partial charge in [0, 0.05) is 16.1 Å². The fraction of sp³-hybridized carbons (Fsp3) is 0.158. The van der Waals surface area contributed by atoms with Crippen LogP contribution in [0.15, 0.2) is 64.2 Å². The maximum Gasteiger partial charge on any atom is 0.317 e. The summed E-state index contributed by atoms with van der Waals surface area (Å²) >= 11 is 7.09. The van der Waals surface area contributed by atoms with Gasteiger partial charge in [-0.25, -0.2) is 4.98 Å². The predicted octanol–water partition coefficient (Wildman–Crippen LogP) is 5.62. The van der Waals surface area contributed by atoms with Gasteiger partial charge in [0.2, 0.25) is 0 Å². The van der Waals surface area contributed by atoms with Crippen molar-refractivity contribution in [2.24, 2.45) is 0 Å². The van der Waals surface area contributed by atoms with Crippen LogP contribution in [-0.2, 0) is 4.79 Å². The molecule has 0 radical (unpaired) electrons. The van der Waals surface area contributed by atoms with E-state index in [0.717, 1.165) is 22.9 Å². The van der Waals surface area contributed by atoms with Crippen molar-refractivity contribution in [2.75, 3.05) is 0 Å². The Morgan fingerprint density at radius 2 is 1.84 bits per heavy atom. The van der Waals surface area contributed by atoms with Gasteiger partial charge in [-0.2, -0.15) is 0 Å². The summed E-state index contributed by atoms with van der Waals surface area (Å²) in [5.74, 6) is -0.259. The highest BCUT2D eigenvalue weighted by Crippen LogP contribution is 2.37. The third-order valence-electron chi connectivity index (χ3n) is 3.65. The van der Waals surface area contributed by atoms with Crippen molar-refractivity contribution < 1.29 is 14.3 Å². The summed E-state index contributed by atoms with van der Waals surface area (Å²) < 4.78 is 5.92. The molecular weight excluding hydrogens is 358 g/mol. The standard InChI is InChI=1S/C19H16ClNO3S/c1-2-15(18(22)23)25-19-21-16(12-8-10-14(20)11-9-12)17(24-19)13-6-4-3-5-7-13/h3-11,15H,2H2,1H3,(H,22,23). The summed E-state index contributed by atoms with van der Waals surface area (Å²) in [7, 11) is 0. The van der Waals surface area contributed by atoms with E-state index in [1.807, 2.05) is 49.4 Å². The largest absolute Gasteiger partial charge is 0.480 e. The van der Waals surface area contributed by atoms with Gasteiger partial charge in [0.25, 0.3) is 5.22 Å². The summed E-state index contributed by atoms with van der Waals surface area (Å²) in [6.45, 7) is 1.83. The summed E-state index contributed by atoms with van der Waals surface area (Å²) in [6.07, 6.45) is 0.485. The first-order valence-electron chi connectivity index (χ1n) is 7.80. The molecule has 0 saturated heterocycles. The fourth-order valence-corrected chi connectivity index (χ4v) is 3.28. The first kappa shape index (κ1) is 17.6. The molecule has 0 aliphatic carbocycles. The molecule has 0 fully saturated rings. The Morgan fingerprint density at radius 1 is 1.16 bits per heavy atom. The van der Waals surface area contributed by atoms with Gasteiger partial charge in [-0.05, 0) is 18.6 Å². The highest BCUT2D eigenvalue weighted by Gasteiger charge is 2.23. The summed E-state index contributed by atoms with van der Waals surface area (Å²) in [6, 6.07) is 17.0. The Morgan fingerprint density at radius 3 is 2.44 bits per heavy atom. The maximum absolute atomic E-state index is 11.3. The van der Waals surface area contributed by atoms with E-state index in [0.29, 0.717) is 28.1 Å². The molecule has 1 atom stereocenters. The number of nitrogens with zero attached hydrogens (tertiary/aromatic N) is 1. The van der Waals surface area contributed by atoms with E-state index in [9.17, 15) is 9.90 Å². The van der Waals surface area contributed by atoms with Gasteiger partial charge >= 0.3 is 5.97 Å². The molecule has 2 aromatic carbocycles. The molecule has 0 saturated carbocycles. The number of carbonyl (C=O) groups is 1. The van der Waals surface area contributed by atoms with E-state index < -0.39 is 11.2 Å². The molecule has 0 aliphatic heterocycles. The minimum Gasteiger partial charge on any atom is -0.480 e. The van der Waals surface area contributed by atoms with Crippen LogP contribution in [0.1, 0.15) is 13.3 Å². The lowest BCUT2D eigenvalue weighted by atomic mass is 10.1. The topological polar surface area (TPSA) is 63.3 Å². The van der Waals surface area contributed by atoms with Crippen molar-refractivity contribution in [3.63, 3.8) is 0 Å². The number of aliphatic carboxylic acids is 1. The molecule has 3 rings (SSSR count). The van der Waals surface area contributed by atoms with Gasteiger partial charge in [0.05, 0.1) is 0 Å². The number of benzene rings is 2. The Kier molecular flexibility index (Phi) is 5.46. The van der Waals surface area contributed by atoms with Crippen LogP contribution in [0.5, 0.6) is 0 Å². The lowest BCUT2D eigenvalue weighted by molar-refractivity contribution is -0.136. The Balaban J connectivity index is 2.05. The maximum atomic E-state index is 11.3. The Hall–Kier alpha value is -2.24. The molecule has 25 heavy (non-hydrogen) atoms. The molecule has 128 valence electrons. The van der Waals surface area contributed by atoms with Crippen molar-refractivity contribution >= 4 is 29.3 Å². The molecule has 0 aliphatic rings. The Bertz CT molecular complexity index is 862. The van der Waals surface area contributed by atoms with Crippen molar-refractivity contribution in [1.82, 2.24) is 4.98 Å². The summed E-state index contributed by atoms with van der Waals surface area (Å²) in [5, 5.41) is 9.66. The van der Waals surface area contributed by atoms with Crippen LogP contribution >= 0.6 is 23.4 Å². The number of carboxylic acids is 1. The van der Waals surface area contributed by atoms with E-state index in [2.05, 4.69) is 4.98 Å². The van der Waals surface area contributed by atoms with Crippen LogP contribution in [0.2, 0.25) is 5.02 Å². The molecule has 1 aromatic heterocycles. The number of rotatable bonds is 6. The molecule has 4 nitrogen and oxygen atoms in total. The van der Waals surface area contributed by atoms with E-state index in [-0.39, 0.29) is 0 Å². The highest BCUT2D eigenvalue weighted by molar-refractivity contribution is 8.00.